The number of ether oxygens (including phenoxy) is 1. The minimum Gasteiger partial charge on any atom is -0.380 e. The van der Waals surface area contributed by atoms with Gasteiger partial charge in [-0.1, -0.05) is 22.9 Å². The highest BCUT2D eigenvalue weighted by atomic mass is 16.5. The molecule has 0 fully saturated rings. The second-order valence-corrected chi connectivity index (χ2v) is 4.09. The van der Waals surface area contributed by atoms with Crippen LogP contribution in [-0.2, 0) is 4.74 Å². The molecule has 18 heavy (non-hydrogen) atoms. The van der Waals surface area contributed by atoms with Gasteiger partial charge >= 0.3 is 0 Å². The lowest BCUT2D eigenvalue weighted by Crippen LogP contribution is -2.18. The van der Waals surface area contributed by atoms with E-state index in [1.165, 1.54) is 5.56 Å². The van der Waals surface area contributed by atoms with Crippen molar-refractivity contribution in [1.82, 2.24) is 10.1 Å². The third-order valence-corrected chi connectivity index (χ3v) is 2.57. The van der Waals surface area contributed by atoms with Gasteiger partial charge in [-0.2, -0.15) is 4.98 Å². The van der Waals surface area contributed by atoms with E-state index in [1.807, 2.05) is 38.1 Å². The second-order valence-electron chi connectivity index (χ2n) is 4.09. The molecule has 96 valence electrons. The number of hydrogen-bond donors (Lipinski definition) is 1. The lowest BCUT2D eigenvalue weighted by atomic mass is 10.1. The molecule has 2 rings (SSSR count). The average Bonchev–Trinajstić information content (AvgIpc) is 2.86. The molecule has 0 amide bonds. The minimum absolute atomic E-state index is 0.354. The van der Waals surface area contributed by atoms with Crippen molar-refractivity contribution in [3.05, 3.63) is 35.7 Å². The van der Waals surface area contributed by atoms with Crippen LogP contribution in [0.15, 0.2) is 28.8 Å². The van der Waals surface area contributed by atoms with Crippen LogP contribution in [0.3, 0.4) is 0 Å². The van der Waals surface area contributed by atoms with Crippen LogP contribution in [-0.4, -0.2) is 23.4 Å². The Hall–Kier alpha value is -1.72. The van der Waals surface area contributed by atoms with E-state index in [0.717, 1.165) is 5.56 Å². The minimum atomic E-state index is -0.354. The third kappa shape index (κ3) is 2.94. The fourth-order valence-corrected chi connectivity index (χ4v) is 1.52. The van der Waals surface area contributed by atoms with E-state index in [-0.39, 0.29) is 6.04 Å². The Balaban J connectivity index is 2.12. The molecule has 1 unspecified atom stereocenters. The van der Waals surface area contributed by atoms with Gasteiger partial charge in [0.2, 0.25) is 0 Å². The zero-order chi connectivity index (χ0) is 13.0. The smallest absolute Gasteiger partial charge is 0.257 e. The van der Waals surface area contributed by atoms with Gasteiger partial charge in [0.25, 0.3) is 5.89 Å². The first-order valence-corrected chi connectivity index (χ1v) is 5.94. The molecule has 0 aliphatic carbocycles. The van der Waals surface area contributed by atoms with E-state index in [0.29, 0.717) is 24.9 Å². The first-order valence-electron chi connectivity index (χ1n) is 5.94. The molecule has 1 aromatic carbocycles. The van der Waals surface area contributed by atoms with Crippen molar-refractivity contribution in [3.63, 3.8) is 0 Å². The standard InChI is InChI=1S/C13H17N3O2/c1-3-17-8-11(14)12-15-13(18-16-12)10-6-4-9(2)5-7-10/h4-7,11H,3,8,14H2,1-2H3. The molecule has 0 radical (unpaired) electrons. The summed E-state index contributed by atoms with van der Waals surface area (Å²) in [5.74, 6) is 0.955. The Bertz CT molecular complexity index is 493. The van der Waals surface area contributed by atoms with E-state index >= 15 is 0 Å². The summed E-state index contributed by atoms with van der Waals surface area (Å²) in [5, 5.41) is 3.88. The quantitative estimate of drug-likeness (QED) is 0.875. The van der Waals surface area contributed by atoms with E-state index in [4.69, 9.17) is 15.0 Å². The van der Waals surface area contributed by atoms with Crippen LogP contribution >= 0.6 is 0 Å². The molecule has 0 aliphatic rings. The maximum Gasteiger partial charge on any atom is 0.257 e. The van der Waals surface area contributed by atoms with Crippen molar-refractivity contribution in [2.75, 3.05) is 13.2 Å². The molecule has 0 spiro atoms. The highest BCUT2D eigenvalue weighted by Gasteiger charge is 2.15. The van der Waals surface area contributed by atoms with Gasteiger partial charge in [0.15, 0.2) is 5.82 Å². The Morgan fingerprint density at radius 3 is 2.72 bits per heavy atom. The predicted molar refractivity (Wildman–Crippen MR) is 67.9 cm³/mol. The molecule has 2 N–H and O–H groups in total. The molecule has 2 aromatic rings. The topological polar surface area (TPSA) is 74.2 Å². The summed E-state index contributed by atoms with van der Waals surface area (Å²) < 4.78 is 10.4. The van der Waals surface area contributed by atoms with Crippen LogP contribution in [0.5, 0.6) is 0 Å². The Kier molecular flexibility index (Phi) is 4.07. The Labute approximate surface area is 106 Å². The molecule has 0 aliphatic heterocycles. The highest BCUT2D eigenvalue weighted by Crippen LogP contribution is 2.19. The van der Waals surface area contributed by atoms with Crippen LogP contribution < -0.4 is 5.73 Å². The fourth-order valence-electron chi connectivity index (χ4n) is 1.52. The van der Waals surface area contributed by atoms with Crippen LogP contribution in [0.1, 0.15) is 24.4 Å². The zero-order valence-electron chi connectivity index (χ0n) is 10.6. The van der Waals surface area contributed by atoms with Crippen molar-refractivity contribution in [2.24, 2.45) is 5.73 Å². The number of aromatic nitrogens is 2. The molecule has 0 saturated carbocycles. The monoisotopic (exact) mass is 247 g/mol. The Morgan fingerprint density at radius 1 is 1.33 bits per heavy atom. The predicted octanol–water partition coefficient (Wildman–Crippen LogP) is 2.08. The van der Waals surface area contributed by atoms with Crippen molar-refractivity contribution in [1.29, 1.82) is 0 Å². The van der Waals surface area contributed by atoms with Crippen LogP contribution in [0.4, 0.5) is 0 Å². The maximum absolute atomic E-state index is 5.89. The van der Waals surface area contributed by atoms with Crippen molar-refractivity contribution in [3.8, 4) is 11.5 Å². The first-order chi connectivity index (χ1) is 8.70. The van der Waals surface area contributed by atoms with Crippen molar-refractivity contribution >= 4 is 0 Å². The molecular formula is C13H17N3O2. The van der Waals surface area contributed by atoms with E-state index in [1.54, 1.807) is 0 Å². The average molecular weight is 247 g/mol. The van der Waals surface area contributed by atoms with Gasteiger partial charge in [0.05, 0.1) is 12.6 Å². The molecule has 0 saturated heterocycles. The third-order valence-electron chi connectivity index (χ3n) is 2.57. The number of nitrogens with two attached hydrogens (primary N) is 1. The van der Waals surface area contributed by atoms with Gasteiger partial charge in [0.1, 0.15) is 0 Å². The molecule has 0 bridgehead atoms. The number of aryl methyl sites for hydroxylation is 1. The lowest BCUT2D eigenvalue weighted by molar-refractivity contribution is 0.130. The molecule has 5 heteroatoms. The number of hydrogen-bond acceptors (Lipinski definition) is 5. The molecule has 1 atom stereocenters. The molecular weight excluding hydrogens is 230 g/mol. The summed E-state index contributed by atoms with van der Waals surface area (Å²) in [6.07, 6.45) is 0. The second kappa shape index (κ2) is 5.75. The number of nitrogens with zero attached hydrogens (tertiary/aromatic N) is 2. The van der Waals surface area contributed by atoms with E-state index in [9.17, 15) is 0 Å². The fraction of sp³-hybridized carbons (Fsp3) is 0.385. The summed E-state index contributed by atoms with van der Waals surface area (Å²) in [6, 6.07) is 7.54. The molecule has 1 heterocycles. The van der Waals surface area contributed by atoms with Crippen LogP contribution in [0.25, 0.3) is 11.5 Å². The largest absolute Gasteiger partial charge is 0.380 e. The van der Waals surface area contributed by atoms with E-state index < -0.39 is 0 Å². The normalized spacial score (nSPS) is 12.6. The zero-order valence-corrected chi connectivity index (χ0v) is 10.6. The molecule has 1 aromatic heterocycles. The lowest BCUT2D eigenvalue weighted by Gasteiger charge is -2.05. The SMILES string of the molecule is CCOCC(N)c1noc(-c2ccc(C)cc2)n1. The van der Waals surface area contributed by atoms with Gasteiger partial charge in [-0.25, -0.2) is 0 Å². The van der Waals surface area contributed by atoms with Crippen molar-refractivity contribution in [2.45, 2.75) is 19.9 Å². The van der Waals surface area contributed by atoms with Gasteiger partial charge in [-0.15, -0.1) is 0 Å². The van der Waals surface area contributed by atoms with Gasteiger partial charge in [-0.05, 0) is 26.0 Å². The van der Waals surface area contributed by atoms with E-state index in [2.05, 4.69) is 10.1 Å². The first kappa shape index (κ1) is 12.7. The van der Waals surface area contributed by atoms with Crippen LogP contribution in [0.2, 0.25) is 0 Å². The summed E-state index contributed by atoms with van der Waals surface area (Å²) in [4.78, 5) is 4.28. The highest BCUT2D eigenvalue weighted by molar-refractivity contribution is 5.53. The van der Waals surface area contributed by atoms with Crippen LogP contribution in [0, 0.1) is 6.92 Å². The summed E-state index contributed by atoms with van der Waals surface area (Å²) in [5.41, 5.74) is 7.96. The number of benzene rings is 1. The van der Waals surface area contributed by atoms with Gasteiger partial charge < -0.3 is 15.0 Å². The van der Waals surface area contributed by atoms with Gasteiger partial charge in [0, 0.05) is 12.2 Å². The summed E-state index contributed by atoms with van der Waals surface area (Å²) in [6.45, 7) is 4.96. The summed E-state index contributed by atoms with van der Waals surface area (Å²) in [7, 11) is 0. The van der Waals surface area contributed by atoms with Crippen molar-refractivity contribution < 1.29 is 9.26 Å². The Morgan fingerprint density at radius 2 is 2.06 bits per heavy atom. The van der Waals surface area contributed by atoms with Gasteiger partial charge in [-0.3, -0.25) is 0 Å². The summed E-state index contributed by atoms with van der Waals surface area (Å²) >= 11 is 0. The molecule has 5 nitrogen and oxygen atoms in total. The maximum atomic E-state index is 5.89. The number of rotatable bonds is 5.